The van der Waals surface area contributed by atoms with Gasteiger partial charge in [0, 0.05) is 25.2 Å². The molecule has 1 aromatic carbocycles. The number of carbonyl (C=O) groups excluding carboxylic acids is 1. The lowest BCUT2D eigenvalue weighted by Gasteiger charge is -2.02. The molecule has 4 rings (SSSR count). The Labute approximate surface area is 148 Å². The van der Waals surface area contributed by atoms with E-state index in [2.05, 4.69) is 10.1 Å². The third-order valence-corrected chi connectivity index (χ3v) is 5.15. The van der Waals surface area contributed by atoms with Gasteiger partial charge in [-0.1, -0.05) is 11.3 Å². The van der Waals surface area contributed by atoms with Crippen molar-refractivity contribution in [2.45, 2.75) is 33.9 Å². The number of aryl methyl sites for hydroxylation is 3. The van der Waals surface area contributed by atoms with E-state index >= 15 is 0 Å². The van der Waals surface area contributed by atoms with Crippen LogP contribution < -0.4 is 14.3 Å². The van der Waals surface area contributed by atoms with E-state index < -0.39 is 0 Å². The molecule has 0 unspecified atom stereocenters. The Balaban J connectivity index is 1.85. The van der Waals surface area contributed by atoms with E-state index in [9.17, 15) is 4.79 Å². The summed E-state index contributed by atoms with van der Waals surface area (Å²) in [6.07, 6.45) is 0. The summed E-state index contributed by atoms with van der Waals surface area (Å²) in [5, 5.41) is 4.32. The maximum Gasteiger partial charge on any atom is 0.297 e. The molecule has 1 aliphatic heterocycles. The van der Waals surface area contributed by atoms with E-state index in [0.717, 1.165) is 27.4 Å². The normalized spacial score (nSPS) is 13.8. The van der Waals surface area contributed by atoms with E-state index in [0.29, 0.717) is 23.6 Å². The third-order valence-electron chi connectivity index (χ3n) is 4.11. The van der Waals surface area contributed by atoms with Gasteiger partial charge in [-0.3, -0.25) is 9.48 Å². The van der Waals surface area contributed by atoms with Crippen LogP contribution in [0, 0.1) is 6.92 Å². The number of hydrogen-bond acceptors (Lipinski definition) is 5. The number of nitrogens with zero attached hydrogens (tertiary/aromatic N) is 4. The van der Waals surface area contributed by atoms with Crippen LogP contribution in [0.3, 0.4) is 0 Å². The van der Waals surface area contributed by atoms with Gasteiger partial charge in [-0.2, -0.15) is 10.1 Å². The minimum atomic E-state index is -0.281. The molecule has 3 aromatic rings. The Kier molecular flexibility index (Phi) is 3.84. The quantitative estimate of drug-likeness (QED) is 0.722. The minimum absolute atomic E-state index is 0.245. The van der Waals surface area contributed by atoms with Gasteiger partial charge in [-0.05, 0) is 26.8 Å². The summed E-state index contributed by atoms with van der Waals surface area (Å²) in [5.74, 6) is 1.18. The number of carbonyl (C=O) groups is 1. The summed E-state index contributed by atoms with van der Waals surface area (Å²) in [7, 11) is 0. The van der Waals surface area contributed by atoms with Gasteiger partial charge in [0.15, 0.2) is 16.3 Å². The molecule has 0 spiro atoms. The summed E-state index contributed by atoms with van der Waals surface area (Å²) < 4.78 is 15.6. The molecule has 0 radical (unpaired) electrons. The van der Waals surface area contributed by atoms with Crippen molar-refractivity contribution in [2.75, 3.05) is 6.79 Å². The topological polar surface area (TPSA) is 70.6 Å². The maximum atomic E-state index is 12.7. The minimum Gasteiger partial charge on any atom is -0.454 e. The van der Waals surface area contributed by atoms with Gasteiger partial charge in [0.25, 0.3) is 5.91 Å². The van der Waals surface area contributed by atoms with Gasteiger partial charge < -0.3 is 14.0 Å². The molecule has 0 saturated heterocycles. The number of aromatic nitrogens is 3. The van der Waals surface area contributed by atoms with E-state index in [1.807, 2.05) is 37.5 Å². The highest BCUT2D eigenvalue weighted by molar-refractivity contribution is 7.16. The van der Waals surface area contributed by atoms with Gasteiger partial charge in [0.1, 0.15) is 5.69 Å². The van der Waals surface area contributed by atoms with Crippen LogP contribution in [-0.2, 0) is 13.1 Å². The van der Waals surface area contributed by atoms with E-state index in [4.69, 9.17) is 9.47 Å². The van der Waals surface area contributed by atoms with Crippen molar-refractivity contribution in [1.82, 2.24) is 14.3 Å². The molecule has 1 amide bonds. The Hall–Kier alpha value is -2.61. The van der Waals surface area contributed by atoms with Gasteiger partial charge in [0.2, 0.25) is 6.79 Å². The van der Waals surface area contributed by atoms with E-state index in [1.165, 1.54) is 11.3 Å². The molecule has 2 aromatic heterocycles. The van der Waals surface area contributed by atoms with Gasteiger partial charge >= 0.3 is 0 Å². The van der Waals surface area contributed by atoms with E-state index in [1.54, 1.807) is 10.7 Å². The first kappa shape index (κ1) is 15.9. The highest BCUT2D eigenvalue weighted by Crippen LogP contribution is 2.36. The van der Waals surface area contributed by atoms with Crippen molar-refractivity contribution in [3.8, 4) is 11.5 Å². The number of amides is 1. The average molecular weight is 358 g/mol. The zero-order valence-corrected chi connectivity index (χ0v) is 15.1. The zero-order chi connectivity index (χ0) is 17.6. The number of hydrogen-bond donors (Lipinski definition) is 0. The lowest BCUT2D eigenvalue weighted by molar-refractivity contribution is 0.0987. The van der Waals surface area contributed by atoms with Crippen LogP contribution in [0.1, 0.15) is 30.0 Å². The Morgan fingerprint density at radius 1 is 1.24 bits per heavy atom. The number of rotatable bonds is 3. The van der Waals surface area contributed by atoms with Crippen LogP contribution in [0.5, 0.6) is 11.5 Å². The monoisotopic (exact) mass is 358 g/mol. The molecule has 0 fully saturated rings. The molecule has 7 nitrogen and oxygen atoms in total. The zero-order valence-electron chi connectivity index (χ0n) is 14.3. The SMILES string of the molecule is CCn1nc(C)cc1C(=O)N=c1sc2cc3c(cc2n1CC)OCO3. The van der Waals surface area contributed by atoms with Crippen LogP contribution in [0.4, 0.5) is 0 Å². The molecular weight excluding hydrogens is 340 g/mol. The first-order valence-electron chi connectivity index (χ1n) is 8.17. The fourth-order valence-electron chi connectivity index (χ4n) is 2.95. The predicted octanol–water partition coefficient (Wildman–Crippen LogP) is 2.72. The lowest BCUT2D eigenvalue weighted by Crippen LogP contribution is -2.17. The van der Waals surface area contributed by atoms with Crippen LogP contribution >= 0.6 is 11.3 Å². The summed E-state index contributed by atoms with van der Waals surface area (Å²) in [6.45, 7) is 7.44. The Bertz CT molecular complexity index is 1040. The highest BCUT2D eigenvalue weighted by Gasteiger charge is 2.18. The van der Waals surface area contributed by atoms with Crippen molar-refractivity contribution in [2.24, 2.45) is 4.99 Å². The van der Waals surface area contributed by atoms with Crippen molar-refractivity contribution in [3.05, 3.63) is 34.4 Å². The smallest absolute Gasteiger partial charge is 0.297 e. The van der Waals surface area contributed by atoms with Crippen LogP contribution in [0.15, 0.2) is 23.2 Å². The van der Waals surface area contributed by atoms with Crippen LogP contribution in [-0.4, -0.2) is 27.0 Å². The molecule has 0 N–H and O–H groups in total. The average Bonchev–Trinajstić information content (AvgIpc) is 3.28. The van der Waals surface area contributed by atoms with Gasteiger partial charge in [-0.25, -0.2) is 0 Å². The fourth-order valence-corrected chi connectivity index (χ4v) is 4.06. The van der Waals surface area contributed by atoms with Crippen molar-refractivity contribution >= 4 is 27.5 Å². The summed E-state index contributed by atoms with van der Waals surface area (Å²) in [5.41, 5.74) is 2.31. The Morgan fingerprint density at radius 3 is 2.72 bits per heavy atom. The molecule has 0 atom stereocenters. The van der Waals surface area contributed by atoms with Gasteiger partial charge in [-0.15, -0.1) is 0 Å². The van der Waals surface area contributed by atoms with Crippen LogP contribution in [0.2, 0.25) is 0 Å². The second kappa shape index (κ2) is 6.03. The second-order valence-electron chi connectivity index (χ2n) is 5.71. The number of thiazole rings is 1. The molecular formula is C17H18N4O3S. The number of benzene rings is 1. The molecule has 0 bridgehead atoms. The maximum absolute atomic E-state index is 12.7. The third kappa shape index (κ3) is 2.62. The summed E-state index contributed by atoms with van der Waals surface area (Å²) in [4.78, 5) is 17.7. The first-order valence-corrected chi connectivity index (χ1v) is 8.98. The molecule has 8 heteroatoms. The first-order chi connectivity index (χ1) is 12.1. The standard InChI is InChI=1S/C17H18N4O3S/c1-4-20-11-7-13-14(24-9-23-13)8-15(11)25-17(20)18-16(22)12-6-10(3)19-21(12)5-2/h6-8H,4-5,9H2,1-3H3. The Morgan fingerprint density at radius 2 is 2.00 bits per heavy atom. The van der Waals surface area contributed by atoms with E-state index in [-0.39, 0.29) is 12.7 Å². The number of fused-ring (bicyclic) bond motifs is 2. The van der Waals surface area contributed by atoms with Crippen molar-refractivity contribution < 1.29 is 14.3 Å². The summed E-state index contributed by atoms with van der Waals surface area (Å²) >= 11 is 1.47. The van der Waals surface area contributed by atoms with Crippen LogP contribution in [0.25, 0.3) is 10.2 Å². The molecule has 3 heterocycles. The molecule has 25 heavy (non-hydrogen) atoms. The second-order valence-corrected chi connectivity index (χ2v) is 6.71. The molecule has 0 aliphatic carbocycles. The van der Waals surface area contributed by atoms with Gasteiger partial charge in [0.05, 0.1) is 15.9 Å². The number of ether oxygens (including phenoxy) is 2. The molecule has 0 saturated carbocycles. The lowest BCUT2D eigenvalue weighted by atomic mass is 10.3. The largest absolute Gasteiger partial charge is 0.454 e. The van der Waals surface area contributed by atoms with Crippen molar-refractivity contribution in [3.63, 3.8) is 0 Å². The molecule has 130 valence electrons. The molecule has 1 aliphatic rings. The highest BCUT2D eigenvalue weighted by atomic mass is 32.1. The fraction of sp³-hybridized carbons (Fsp3) is 0.353. The predicted molar refractivity (Wildman–Crippen MR) is 94.1 cm³/mol. The van der Waals surface area contributed by atoms with Crippen molar-refractivity contribution in [1.29, 1.82) is 0 Å². The summed E-state index contributed by atoms with van der Waals surface area (Å²) in [6, 6.07) is 5.66.